The number of carbonyl (C=O) groups is 2. The third-order valence-corrected chi connectivity index (χ3v) is 3.45. The predicted molar refractivity (Wildman–Crippen MR) is 92.0 cm³/mol. The Bertz CT molecular complexity index is 607. The number of methoxy groups -OCH3 is 1. The van der Waals surface area contributed by atoms with Gasteiger partial charge in [-0.25, -0.2) is 4.79 Å². The number of amides is 1. The van der Waals surface area contributed by atoms with E-state index in [0.717, 1.165) is 5.57 Å². The van der Waals surface area contributed by atoms with E-state index in [1.807, 2.05) is 20.8 Å². The minimum Gasteiger partial charge on any atom is -0.491 e. The van der Waals surface area contributed by atoms with Crippen LogP contribution in [0, 0.1) is 0 Å². The molecular weight excluding hydrogens is 294 g/mol. The molecule has 0 spiro atoms. The standard InChI is InChI=1S/C18H25NO4/c1-7-16(20)19(8-2)15-11-13(18(21)22-6)10-14(12(4)5)17(15)23-9-3/h10-11H,4,7-9H2,1-3,5-6H3. The van der Waals surface area contributed by atoms with Gasteiger partial charge in [-0.2, -0.15) is 0 Å². The molecule has 1 amide bonds. The third kappa shape index (κ3) is 4.12. The van der Waals surface area contributed by atoms with Gasteiger partial charge in [-0.3, -0.25) is 4.79 Å². The average molecular weight is 319 g/mol. The van der Waals surface area contributed by atoms with Crippen molar-refractivity contribution in [3.05, 3.63) is 29.8 Å². The lowest BCUT2D eigenvalue weighted by atomic mass is 10.0. The number of benzene rings is 1. The average Bonchev–Trinajstić information content (AvgIpc) is 2.55. The summed E-state index contributed by atoms with van der Waals surface area (Å²) in [6.07, 6.45) is 0.365. The molecule has 0 fully saturated rings. The van der Waals surface area contributed by atoms with Crippen molar-refractivity contribution >= 4 is 23.1 Å². The van der Waals surface area contributed by atoms with Crippen LogP contribution in [0.25, 0.3) is 5.57 Å². The van der Waals surface area contributed by atoms with Crippen LogP contribution in [0.5, 0.6) is 5.75 Å². The lowest BCUT2D eigenvalue weighted by Crippen LogP contribution is -2.30. The molecule has 1 rings (SSSR count). The van der Waals surface area contributed by atoms with Gasteiger partial charge in [-0.1, -0.05) is 13.5 Å². The number of hydrogen-bond donors (Lipinski definition) is 0. The lowest BCUT2D eigenvalue weighted by molar-refractivity contribution is -0.118. The largest absolute Gasteiger partial charge is 0.491 e. The molecule has 0 bridgehead atoms. The Morgan fingerprint density at radius 2 is 1.87 bits per heavy atom. The van der Waals surface area contributed by atoms with Crippen LogP contribution < -0.4 is 9.64 Å². The minimum atomic E-state index is -0.461. The molecule has 1 aromatic carbocycles. The van der Waals surface area contributed by atoms with Gasteiger partial charge in [-0.05, 0) is 38.5 Å². The Hall–Kier alpha value is -2.30. The van der Waals surface area contributed by atoms with Gasteiger partial charge < -0.3 is 14.4 Å². The summed E-state index contributed by atoms with van der Waals surface area (Å²) in [5.74, 6) is 0.0660. The number of nitrogens with zero attached hydrogens (tertiary/aromatic N) is 1. The summed E-state index contributed by atoms with van der Waals surface area (Å²) < 4.78 is 10.6. The number of hydrogen-bond acceptors (Lipinski definition) is 4. The maximum Gasteiger partial charge on any atom is 0.337 e. The fourth-order valence-corrected chi connectivity index (χ4v) is 2.33. The van der Waals surface area contributed by atoms with Crippen LogP contribution in [0.3, 0.4) is 0 Å². The van der Waals surface area contributed by atoms with Crippen LogP contribution in [0.1, 0.15) is 50.0 Å². The normalized spacial score (nSPS) is 10.1. The van der Waals surface area contributed by atoms with Gasteiger partial charge in [0.15, 0.2) is 5.75 Å². The van der Waals surface area contributed by atoms with Crippen molar-refractivity contribution in [2.45, 2.75) is 34.1 Å². The van der Waals surface area contributed by atoms with E-state index in [2.05, 4.69) is 6.58 Å². The number of esters is 1. The summed E-state index contributed by atoms with van der Waals surface area (Å²) in [6.45, 7) is 12.3. The smallest absolute Gasteiger partial charge is 0.337 e. The van der Waals surface area contributed by atoms with Crippen molar-refractivity contribution in [3.63, 3.8) is 0 Å². The number of carbonyl (C=O) groups excluding carboxylic acids is 2. The highest BCUT2D eigenvalue weighted by Crippen LogP contribution is 2.37. The van der Waals surface area contributed by atoms with E-state index in [1.54, 1.807) is 24.0 Å². The highest BCUT2D eigenvalue weighted by molar-refractivity contribution is 5.99. The monoisotopic (exact) mass is 319 g/mol. The molecule has 1 aromatic rings. The molecule has 0 saturated carbocycles. The molecule has 0 aliphatic heterocycles. The molecular formula is C18H25NO4. The van der Waals surface area contributed by atoms with Gasteiger partial charge in [0.25, 0.3) is 0 Å². The quantitative estimate of drug-likeness (QED) is 0.720. The second kappa shape index (κ2) is 8.36. The van der Waals surface area contributed by atoms with Gasteiger partial charge in [0, 0.05) is 18.5 Å². The van der Waals surface area contributed by atoms with Crippen molar-refractivity contribution in [2.75, 3.05) is 25.2 Å². The fourth-order valence-electron chi connectivity index (χ4n) is 2.33. The van der Waals surface area contributed by atoms with Crippen LogP contribution in [-0.4, -0.2) is 32.1 Å². The Kier molecular flexibility index (Phi) is 6.82. The summed E-state index contributed by atoms with van der Waals surface area (Å²) in [6, 6.07) is 3.33. The van der Waals surface area contributed by atoms with Crippen LogP contribution in [0.2, 0.25) is 0 Å². The van der Waals surface area contributed by atoms with E-state index in [9.17, 15) is 9.59 Å². The second-order valence-corrected chi connectivity index (χ2v) is 5.07. The van der Waals surface area contributed by atoms with Gasteiger partial charge >= 0.3 is 5.97 Å². The van der Waals surface area contributed by atoms with E-state index in [1.165, 1.54) is 7.11 Å². The molecule has 5 heteroatoms. The summed E-state index contributed by atoms with van der Waals surface area (Å²) in [7, 11) is 1.33. The summed E-state index contributed by atoms with van der Waals surface area (Å²) in [5.41, 5.74) is 2.39. The molecule has 0 aromatic heterocycles. The van der Waals surface area contributed by atoms with Gasteiger partial charge in [-0.15, -0.1) is 0 Å². The molecule has 5 nitrogen and oxygen atoms in total. The Balaban J connectivity index is 3.66. The number of ether oxygens (including phenoxy) is 2. The van der Waals surface area contributed by atoms with Gasteiger partial charge in [0.1, 0.15) is 0 Å². The predicted octanol–water partition coefficient (Wildman–Crippen LogP) is 3.67. The summed E-state index contributed by atoms with van der Waals surface area (Å²) in [4.78, 5) is 25.8. The lowest BCUT2D eigenvalue weighted by Gasteiger charge is -2.25. The Morgan fingerprint density at radius 1 is 1.22 bits per heavy atom. The number of rotatable bonds is 7. The summed E-state index contributed by atoms with van der Waals surface area (Å²) >= 11 is 0. The number of anilines is 1. The SMILES string of the molecule is C=C(C)c1cc(C(=O)OC)cc(N(CC)C(=O)CC)c1OCC. The minimum absolute atomic E-state index is 0.0388. The molecule has 0 radical (unpaired) electrons. The van der Waals surface area contributed by atoms with Gasteiger partial charge in [0.2, 0.25) is 5.91 Å². The van der Waals surface area contributed by atoms with Crippen LogP contribution in [-0.2, 0) is 9.53 Å². The zero-order valence-corrected chi connectivity index (χ0v) is 14.6. The molecule has 0 heterocycles. The molecule has 0 aliphatic carbocycles. The van der Waals surface area contributed by atoms with Crippen LogP contribution >= 0.6 is 0 Å². The highest BCUT2D eigenvalue weighted by atomic mass is 16.5. The first-order valence-electron chi connectivity index (χ1n) is 7.76. The van der Waals surface area contributed by atoms with Crippen molar-refractivity contribution in [1.82, 2.24) is 0 Å². The van der Waals surface area contributed by atoms with Crippen molar-refractivity contribution in [2.24, 2.45) is 0 Å². The fraction of sp³-hybridized carbons (Fsp3) is 0.444. The molecule has 0 N–H and O–H groups in total. The molecule has 126 valence electrons. The zero-order chi connectivity index (χ0) is 17.6. The maximum atomic E-state index is 12.3. The van der Waals surface area contributed by atoms with E-state index in [0.29, 0.717) is 42.1 Å². The molecule has 0 aliphatic rings. The topological polar surface area (TPSA) is 55.8 Å². The Morgan fingerprint density at radius 3 is 2.30 bits per heavy atom. The van der Waals surface area contributed by atoms with Crippen molar-refractivity contribution in [3.8, 4) is 5.75 Å². The maximum absolute atomic E-state index is 12.3. The van der Waals surface area contributed by atoms with Crippen molar-refractivity contribution in [1.29, 1.82) is 0 Å². The zero-order valence-electron chi connectivity index (χ0n) is 14.6. The first-order chi connectivity index (χ1) is 10.9. The second-order valence-electron chi connectivity index (χ2n) is 5.07. The van der Waals surface area contributed by atoms with Crippen LogP contribution in [0.15, 0.2) is 18.7 Å². The van der Waals surface area contributed by atoms with E-state index in [4.69, 9.17) is 9.47 Å². The molecule has 23 heavy (non-hydrogen) atoms. The molecule has 0 saturated heterocycles. The van der Waals surface area contributed by atoms with Gasteiger partial charge in [0.05, 0.1) is 25.0 Å². The van der Waals surface area contributed by atoms with E-state index >= 15 is 0 Å². The highest BCUT2D eigenvalue weighted by Gasteiger charge is 2.23. The van der Waals surface area contributed by atoms with Crippen molar-refractivity contribution < 1.29 is 19.1 Å². The number of allylic oxidation sites excluding steroid dienone is 1. The first kappa shape index (κ1) is 18.7. The van der Waals surface area contributed by atoms with E-state index < -0.39 is 5.97 Å². The van der Waals surface area contributed by atoms with E-state index in [-0.39, 0.29) is 5.91 Å². The molecule has 0 atom stereocenters. The first-order valence-corrected chi connectivity index (χ1v) is 7.76. The summed E-state index contributed by atoms with van der Waals surface area (Å²) in [5, 5.41) is 0. The Labute approximate surface area is 137 Å². The third-order valence-electron chi connectivity index (χ3n) is 3.45. The molecule has 0 unspecified atom stereocenters. The van der Waals surface area contributed by atoms with Crippen LogP contribution in [0.4, 0.5) is 5.69 Å².